The van der Waals surface area contributed by atoms with Gasteiger partial charge in [-0.05, 0) is 24.6 Å². The van der Waals surface area contributed by atoms with Crippen molar-refractivity contribution in [2.45, 2.75) is 33.2 Å². The predicted molar refractivity (Wildman–Crippen MR) is 82.0 cm³/mol. The van der Waals surface area contributed by atoms with E-state index in [-0.39, 0.29) is 6.04 Å². The highest BCUT2D eigenvalue weighted by Crippen LogP contribution is 2.43. The fraction of sp³-hybridized carbons (Fsp3) is 0.625. The van der Waals surface area contributed by atoms with Crippen LogP contribution in [-0.2, 0) is 0 Å². The van der Waals surface area contributed by atoms with Gasteiger partial charge >= 0.3 is 0 Å². The third kappa shape index (κ3) is 3.37. The van der Waals surface area contributed by atoms with E-state index < -0.39 is 0 Å². The van der Waals surface area contributed by atoms with Crippen LogP contribution in [0.4, 0.5) is 0 Å². The van der Waals surface area contributed by atoms with Crippen LogP contribution in [-0.4, -0.2) is 27.9 Å². The van der Waals surface area contributed by atoms with Gasteiger partial charge in [0.05, 0.1) is 21.3 Å². The Kier molecular flexibility index (Phi) is 6.65. The van der Waals surface area contributed by atoms with E-state index in [1.54, 1.807) is 21.3 Å². The van der Waals surface area contributed by atoms with E-state index >= 15 is 0 Å². The number of methoxy groups -OCH3 is 3. The average molecular weight is 281 g/mol. The fourth-order valence-corrected chi connectivity index (χ4v) is 2.44. The predicted octanol–water partition coefficient (Wildman–Crippen LogP) is 3.41. The lowest BCUT2D eigenvalue weighted by Crippen LogP contribution is -2.27. The van der Waals surface area contributed by atoms with Crippen molar-refractivity contribution in [2.24, 2.45) is 5.92 Å². The van der Waals surface area contributed by atoms with Crippen LogP contribution >= 0.6 is 0 Å². The van der Waals surface area contributed by atoms with Crippen molar-refractivity contribution < 1.29 is 14.2 Å². The van der Waals surface area contributed by atoms with E-state index in [9.17, 15) is 0 Å². The van der Waals surface area contributed by atoms with E-state index in [4.69, 9.17) is 14.2 Å². The maximum Gasteiger partial charge on any atom is 0.203 e. The van der Waals surface area contributed by atoms with E-state index in [1.165, 1.54) is 0 Å². The summed E-state index contributed by atoms with van der Waals surface area (Å²) in [4.78, 5) is 0. The van der Waals surface area contributed by atoms with Crippen LogP contribution in [0.1, 0.15) is 38.8 Å². The van der Waals surface area contributed by atoms with Crippen LogP contribution in [0.25, 0.3) is 0 Å². The number of benzene rings is 1. The van der Waals surface area contributed by atoms with Gasteiger partial charge in [-0.15, -0.1) is 0 Å². The topological polar surface area (TPSA) is 39.7 Å². The summed E-state index contributed by atoms with van der Waals surface area (Å²) >= 11 is 0. The zero-order chi connectivity index (χ0) is 15.1. The number of hydrogen-bond donors (Lipinski definition) is 1. The van der Waals surface area contributed by atoms with Crippen LogP contribution in [0.5, 0.6) is 17.2 Å². The molecule has 0 aliphatic rings. The molecule has 0 aliphatic carbocycles. The van der Waals surface area contributed by atoms with Crippen LogP contribution in [0.15, 0.2) is 12.1 Å². The average Bonchev–Trinajstić information content (AvgIpc) is 2.50. The summed E-state index contributed by atoms with van der Waals surface area (Å²) in [6, 6.07) is 4.23. The van der Waals surface area contributed by atoms with Crippen molar-refractivity contribution in [3.05, 3.63) is 17.7 Å². The quantitative estimate of drug-likeness (QED) is 0.792. The molecule has 0 saturated heterocycles. The molecule has 1 aromatic carbocycles. The summed E-state index contributed by atoms with van der Waals surface area (Å²) in [7, 11) is 4.93. The summed E-state index contributed by atoms with van der Waals surface area (Å²) in [5.41, 5.74) is 1.11. The molecule has 2 atom stereocenters. The molecule has 1 rings (SSSR count). The summed E-state index contributed by atoms with van der Waals surface area (Å²) in [6.45, 7) is 7.46. The van der Waals surface area contributed by atoms with Crippen LogP contribution in [0.2, 0.25) is 0 Å². The van der Waals surface area contributed by atoms with Gasteiger partial charge in [0.1, 0.15) is 0 Å². The van der Waals surface area contributed by atoms with Crippen molar-refractivity contribution in [3.8, 4) is 17.2 Å². The molecule has 0 radical (unpaired) electrons. The van der Waals surface area contributed by atoms with Crippen molar-refractivity contribution in [2.75, 3.05) is 27.9 Å². The molecule has 4 heteroatoms. The molecular formula is C16H27NO3. The lowest BCUT2D eigenvalue weighted by molar-refractivity contribution is 0.310. The third-order valence-electron chi connectivity index (χ3n) is 3.71. The molecule has 0 saturated carbocycles. The van der Waals surface area contributed by atoms with Crippen LogP contribution in [0.3, 0.4) is 0 Å². The summed E-state index contributed by atoms with van der Waals surface area (Å²) in [5, 5.41) is 3.54. The van der Waals surface area contributed by atoms with Gasteiger partial charge in [0.25, 0.3) is 0 Å². The highest BCUT2D eigenvalue weighted by atomic mass is 16.5. The minimum absolute atomic E-state index is 0.236. The molecule has 1 aromatic rings. The normalized spacial score (nSPS) is 13.7. The molecule has 0 heterocycles. The molecule has 0 spiro atoms. The first kappa shape index (κ1) is 16.6. The molecule has 0 aromatic heterocycles. The van der Waals surface area contributed by atoms with Gasteiger partial charge in [-0.3, -0.25) is 0 Å². The molecule has 2 unspecified atom stereocenters. The Bertz CT molecular complexity index is 420. The number of hydrogen-bond acceptors (Lipinski definition) is 4. The van der Waals surface area contributed by atoms with Gasteiger partial charge in [-0.25, -0.2) is 0 Å². The Hall–Kier alpha value is -1.42. The monoisotopic (exact) mass is 281 g/mol. The van der Waals surface area contributed by atoms with E-state index in [0.29, 0.717) is 17.4 Å². The van der Waals surface area contributed by atoms with Crippen molar-refractivity contribution in [1.82, 2.24) is 5.32 Å². The second-order valence-electron chi connectivity index (χ2n) is 4.84. The second-order valence-corrected chi connectivity index (χ2v) is 4.84. The van der Waals surface area contributed by atoms with Gasteiger partial charge in [-0.1, -0.05) is 27.2 Å². The van der Waals surface area contributed by atoms with Crippen molar-refractivity contribution >= 4 is 0 Å². The van der Waals surface area contributed by atoms with Gasteiger partial charge in [0, 0.05) is 11.6 Å². The Morgan fingerprint density at radius 3 is 2.10 bits per heavy atom. The Morgan fingerprint density at radius 2 is 1.65 bits per heavy atom. The molecular weight excluding hydrogens is 254 g/mol. The van der Waals surface area contributed by atoms with E-state index in [2.05, 4.69) is 32.2 Å². The Labute approximate surface area is 122 Å². The fourth-order valence-electron chi connectivity index (χ4n) is 2.44. The summed E-state index contributed by atoms with van der Waals surface area (Å²) in [5.74, 6) is 2.59. The zero-order valence-corrected chi connectivity index (χ0v) is 13.4. The largest absolute Gasteiger partial charge is 0.493 e. The molecule has 1 N–H and O–H groups in total. The molecule has 0 amide bonds. The third-order valence-corrected chi connectivity index (χ3v) is 3.71. The molecule has 0 bridgehead atoms. The number of ether oxygens (including phenoxy) is 3. The second kappa shape index (κ2) is 8.00. The first-order valence-corrected chi connectivity index (χ1v) is 7.16. The first-order valence-electron chi connectivity index (χ1n) is 7.16. The van der Waals surface area contributed by atoms with E-state index in [1.807, 2.05) is 6.07 Å². The highest BCUT2D eigenvalue weighted by molar-refractivity contribution is 5.56. The molecule has 0 fully saturated rings. The minimum Gasteiger partial charge on any atom is -0.493 e. The maximum atomic E-state index is 5.59. The smallest absolute Gasteiger partial charge is 0.203 e. The molecule has 0 aliphatic heterocycles. The number of nitrogens with one attached hydrogen (secondary N) is 1. The summed E-state index contributed by atoms with van der Waals surface area (Å²) in [6.07, 6.45) is 1.09. The first-order chi connectivity index (χ1) is 9.64. The Morgan fingerprint density at radius 1 is 1.00 bits per heavy atom. The summed E-state index contributed by atoms with van der Waals surface area (Å²) < 4.78 is 16.4. The van der Waals surface area contributed by atoms with Gasteiger partial charge < -0.3 is 19.5 Å². The van der Waals surface area contributed by atoms with Crippen molar-refractivity contribution in [3.63, 3.8) is 0 Å². The lowest BCUT2D eigenvalue weighted by Gasteiger charge is -2.27. The van der Waals surface area contributed by atoms with Gasteiger partial charge in [0.2, 0.25) is 5.75 Å². The van der Waals surface area contributed by atoms with E-state index in [0.717, 1.165) is 24.3 Å². The SMILES string of the molecule is CCNC(c1ccc(OC)c(OC)c1OC)C(C)CC. The maximum absolute atomic E-state index is 5.59. The number of rotatable bonds is 8. The van der Waals surface area contributed by atoms with Crippen LogP contribution < -0.4 is 19.5 Å². The zero-order valence-electron chi connectivity index (χ0n) is 13.4. The molecule has 114 valence electrons. The molecule has 20 heavy (non-hydrogen) atoms. The van der Waals surface area contributed by atoms with Crippen molar-refractivity contribution in [1.29, 1.82) is 0 Å². The van der Waals surface area contributed by atoms with Gasteiger partial charge in [-0.2, -0.15) is 0 Å². The van der Waals surface area contributed by atoms with Crippen LogP contribution in [0, 0.1) is 5.92 Å². The minimum atomic E-state index is 0.236. The Balaban J connectivity index is 3.33. The molecule has 4 nitrogen and oxygen atoms in total. The van der Waals surface area contributed by atoms with Gasteiger partial charge in [0.15, 0.2) is 11.5 Å². The standard InChI is InChI=1S/C16H27NO3/c1-7-11(3)14(17-8-2)12-9-10-13(18-4)16(20-6)15(12)19-5/h9-11,14,17H,7-8H2,1-6H3. The highest BCUT2D eigenvalue weighted by Gasteiger charge is 2.24. The lowest BCUT2D eigenvalue weighted by atomic mass is 9.91.